The molecule has 1 rings (SSSR count). The van der Waals surface area contributed by atoms with Crippen molar-refractivity contribution in [1.29, 1.82) is 0 Å². The molecule has 0 radical (unpaired) electrons. The number of hydrogen-bond acceptors (Lipinski definition) is 4. The lowest BCUT2D eigenvalue weighted by atomic mass is 9.96. The van der Waals surface area contributed by atoms with Crippen molar-refractivity contribution < 1.29 is 4.74 Å². The normalized spacial score (nSPS) is 11.9. The van der Waals surface area contributed by atoms with Crippen molar-refractivity contribution in [3.63, 3.8) is 0 Å². The number of hydrogen-bond donors (Lipinski definition) is 1. The van der Waals surface area contributed by atoms with E-state index in [-0.39, 0.29) is 5.41 Å². The topological polar surface area (TPSA) is 47.0 Å². The molecule has 1 aromatic rings. The monoisotopic (exact) mass is 343 g/mol. The lowest BCUT2D eigenvalue weighted by molar-refractivity contribution is 0.132. The maximum absolute atomic E-state index is 5.58. The summed E-state index contributed by atoms with van der Waals surface area (Å²) in [5.74, 6) is 2.36. The molecule has 20 heavy (non-hydrogen) atoms. The third kappa shape index (κ3) is 6.66. The first kappa shape index (κ1) is 17.4. The Morgan fingerprint density at radius 1 is 1.25 bits per heavy atom. The smallest absolute Gasteiger partial charge is 0.137 e. The van der Waals surface area contributed by atoms with Gasteiger partial charge in [-0.3, -0.25) is 0 Å². The minimum absolute atomic E-state index is 0.0615. The van der Waals surface area contributed by atoms with Gasteiger partial charge >= 0.3 is 0 Å². The fourth-order valence-electron chi connectivity index (χ4n) is 1.52. The molecule has 4 nitrogen and oxygen atoms in total. The van der Waals surface area contributed by atoms with Gasteiger partial charge < -0.3 is 10.1 Å². The Hall–Kier alpha value is -0.680. The van der Waals surface area contributed by atoms with Gasteiger partial charge in [0.15, 0.2) is 0 Å². The van der Waals surface area contributed by atoms with E-state index in [4.69, 9.17) is 4.74 Å². The molecule has 1 N–H and O–H groups in total. The Bertz CT molecular complexity index is 416. The highest BCUT2D eigenvalue weighted by Gasteiger charge is 2.18. The van der Waals surface area contributed by atoms with Gasteiger partial charge in [-0.05, 0) is 28.3 Å². The molecule has 0 aliphatic heterocycles. The van der Waals surface area contributed by atoms with Gasteiger partial charge in [-0.2, -0.15) is 0 Å². The lowest BCUT2D eigenvalue weighted by Gasteiger charge is -2.18. The molecule has 0 aliphatic rings. The molecule has 0 spiro atoms. The summed E-state index contributed by atoms with van der Waals surface area (Å²) in [7, 11) is 0. The molecule has 0 saturated heterocycles. The number of ether oxygens (including phenoxy) is 1. The molecule has 114 valence electrons. The van der Waals surface area contributed by atoms with E-state index >= 15 is 0 Å². The van der Waals surface area contributed by atoms with Crippen LogP contribution in [0, 0.1) is 5.92 Å². The van der Waals surface area contributed by atoms with Crippen LogP contribution >= 0.6 is 15.9 Å². The Labute approximate surface area is 130 Å². The van der Waals surface area contributed by atoms with Crippen LogP contribution in [-0.2, 0) is 10.2 Å². The molecule has 1 heterocycles. The molecule has 0 unspecified atom stereocenters. The average molecular weight is 344 g/mol. The van der Waals surface area contributed by atoms with Crippen molar-refractivity contribution in [2.45, 2.75) is 46.5 Å². The SMILES string of the molecule is CC(C)CCOCCNc1cc(Br)nc(C(C)(C)C)n1. The number of anilines is 1. The summed E-state index contributed by atoms with van der Waals surface area (Å²) in [6, 6.07) is 1.89. The highest BCUT2D eigenvalue weighted by Crippen LogP contribution is 2.22. The van der Waals surface area contributed by atoms with Gasteiger partial charge in [0.1, 0.15) is 16.2 Å². The highest BCUT2D eigenvalue weighted by atomic mass is 79.9. The van der Waals surface area contributed by atoms with E-state index in [9.17, 15) is 0 Å². The quantitative estimate of drug-likeness (QED) is 0.600. The van der Waals surface area contributed by atoms with Crippen molar-refractivity contribution in [2.24, 2.45) is 5.92 Å². The van der Waals surface area contributed by atoms with Gasteiger partial charge in [0.25, 0.3) is 0 Å². The first-order valence-corrected chi connectivity index (χ1v) is 7.95. The van der Waals surface area contributed by atoms with Crippen molar-refractivity contribution in [1.82, 2.24) is 9.97 Å². The van der Waals surface area contributed by atoms with Crippen LogP contribution < -0.4 is 5.32 Å². The van der Waals surface area contributed by atoms with E-state index in [1.54, 1.807) is 0 Å². The summed E-state index contributed by atoms with van der Waals surface area (Å²) in [4.78, 5) is 8.96. The van der Waals surface area contributed by atoms with Crippen molar-refractivity contribution in [2.75, 3.05) is 25.1 Å². The van der Waals surface area contributed by atoms with E-state index in [0.29, 0.717) is 12.5 Å². The van der Waals surface area contributed by atoms with Crippen LogP contribution in [0.3, 0.4) is 0 Å². The highest BCUT2D eigenvalue weighted by molar-refractivity contribution is 9.10. The molecule has 0 amide bonds. The van der Waals surface area contributed by atoms with Crippen LogP contribution in [0.5, 0.6) is 0 Å². The molecular formula is C15H26BrN3O. The van der Waals surface area contributed by atoms with Gasteiger partial charge in [0.2, 0.25) is 0 Å². The Balaban J connectivity index is 2.42. The molecule has 0 aromatic carbocycles. The Morgan fingerprint density at radius 3 is 2.55 bits per heavy atom. The Morgan fingerprint density at radius 2 is 1.95 bits per heavy atom. The molecule has 0 bridgehead atoms. The van der Waals surface area contributed by atoms with Gasteiger partial charge in [0.05, 0.1) is 6.61 Å². The predicted molar refractivity (Wildman–Crippen MR) is 87.2 cm³/mol. The second-order valence-corrected chi connectivity index (χ2v) is 7.18. The van der Waals surface area contributed by atoms with Crippen LogP contribution in [0.15, 0.2) is 10.7 Å². The second-order valence-electron chi connectivity index (χ2n) is 6.37. The van der Waals surface area contributed by atoms with Crippen LogP contribution in [0.25, 0.3) is 0 Å². The zero-order valence-corrected chi connectivity index (χ0v) is 14.7. The molecule has 0 fully saturated rings. The molecule has 5 heteroatoms. The standard InChI is InChI=1S/C15H26BrN3O/c1-11(2)6-8-20-9-7-17-13-10-12(16)18-14(19-13)15(3,4)5/h10-11H,6-9H2,1-5H3,(H,17,18,19). The fourth-order valence-corrected chi connectivity index (χ4v) is 1.90. The summed E-state index contributed by atoms with van der Waals surface area (Å²) in [5, 5.41) is 3.28. The van der Waals surface area contributed by atoms with Gasteiger partial charge in [-0.15, -0.1) is 0 Å². The summed E-state index contributed by atoms with van der Waals surface area (Å²) in [6.07, 6.45) is 1.10. The molecule has 0 atom stereocenters. The van der Waals surface area contributed by atoms with E-state index in [1.807, 2.05) is 6.07 Å². The van der Waals surface area contributed by atoms with Gasteiger partial charge in [0, 0.05) is 24.6 Å². The number of nitrogens with zero attached hydrogens (tertiary/aromatic N) is 2. The van der Waals surface area contributed by atoms with E-state index < -0.39 is 0 Å². The number of halogens is 1. The van der Waals surface area contributed by atoms with E-state index in [1.165, 1.54) is 0 Å². The maximum atomic E-state index is 5.58. The number of aromatic nitrogens is 2. The zero-order chi connectivity index (χ0) is 15.2. The summed E-state index contributed by atoms with van der Waals surface area (Å²) >= 11 is 3.43. The van der Waals surface area contributed by atoms with Crippen LogP contribution in [-0.4, -0.2) is 29.7 Å². The van der Waals surface area contributed by atoms with Crippen molar-refractivity contribution in [3.05, 3.63) is 16.5 Å². The third-order valence-electron chi connectivity index (χ3n) is 2.76. The maximum Gasteiger partial charge on any atom is 0.137 e. The molecule has 0 aliphatic carbocycles. The van der Waals surface area contributed by atoms with Gasteiger partial charge in [-0.25, -0.2) is 9.97 Å². The largest absolute Gasteiger partial charge is 0.380 e. The molecule has 1 aromatic heterocycles. The Kier molecular flexibility index (Phi) is 6.89. The van der Waals surface area contributed by atoms with Crippen LogP contribution in [0.1, 0.15) is 46.9 Å². The van der Waals surface area contributed by atoms with E-state index in [0.717, 1.165) is 35.8 Å². The number of rotatable bonds is 7. The summed E-state index contributed by atoms with van der Waals surface area (Å²) in [5.41, 5.74) is -0.0615. The zero-order valence-electron chi connectivity index (χ0n) is 13.2. The molecular weight excluding hydrogens is 318 g/mol. The number of nitrogens with one attached hydrogen (secondary N) is 1. The van der Waals surface area contributed by atoms with Crippen LogP contribution in [0.2, 0.25) is 0 Å². The van der Waals surface area contributed by atoms with Crippen molar-refractivity contribution >= 4 is 21.7 Å². The summed E-state index contributed by atoms with van der Waals surface area (Å²) in [6.45, 7) is 13.0. The predicted octanol–water partition coefficient (Wildman–Crippen LogP) is 4.01. The second kappa shape index (κ2) is 7.93. The van der Waals surface area contributed by atoms with Crippen molar-refractivity contribution in [3.8, 4) is 0 Å². The molecule has 0 saturated carbocycles. The van der Waals surface area contributed by atoms with E-state index in [2.05, 4.69) is 65.8 Å². The summed E-state index contributed by atoms with van der Waals surface area (Å²) < 4.78 is 6.38. The minimum Gasteiger partial charge on any atom is -0.380 e. The third-order valence-corrected chi connectivity index (χ3v) is 3.16. The van der Waals surface area contributed by atoms with Crippen LogP contribution in [0.4, 0.5) is 5.82 Å². The fraction of sp³-hybridized carbons (Fsp3) is 0.733. The first-order chi connectivity index (χ1) is 9.29. The van der Waals surface area contributed by atoms with Gasteiger partial charge in [-0.1, -0.05) is 34.6 Å². The minimum atomic E-state index is -0.0615. The average Bonchev–Trinajstić information content (AvgIpc) is 2.31. The lowest BCUT2D eigenvalue weighted by Crippen LogP contribution is -2.18. The first-order valence-electron chi connectivity index (χ1n) is 7.15.